The molecule has 0 aliphatic carbocycles. The number of rotatable bonds is 7. The van der Waals surface area contributed by atoms with Crippen molar-refractivity contribution in [2.24, 2.45) is 0 Å². The zero-order chi connectivity index (χ0) is 19.4. The lowest BCUT2D eigenvalue weighted by molar-refractivity contribution is -0.385. The van der Waals surface area contributed by atoms with Crippen LogP contribution in [0.1, 0.15) is 5.56 Å². The Bertz CT molecular complexity index is 783. The number of nitrogens with zero attached hydrogens (tertiary/aromatic N) is 4. The fraction of sp³-hybridized carbons (Fsp3) is 0.438. The van der Waals surface area contributed by atoms with Crippen molar-refractivity contribution in [3.63, 3.8) is 0 Å². The van der Waals surface area contributed by atoms with E-state index >= 15 is 0 Å². The molecular weight excluding hydrogens is 382 g/mol. The molecule has 2 aromatic rings. The summed E-state index contributed by atoms with van der Waals surface area (Å²) in [7, 11) is 1.30. The fourth-order valence-corrected chi connectivity index (χ4v) is 3.64. The van der Waals surface area contributed by atoms with Gasteiger partial charge in [0.05, 0.1) is 18.1 Å². The van der Waals surface area contributed by atoms with Gasteiger partial charge in [0.15, 0.2) is 16.6 Å². The maximum atomic E-state index is 12.5. The Kier molecular flexibility index (Phi) is 6.01. The Hall–Kier alpha value is -2.53. The number of thiazole rings is 1. The van der Waals surface area contributed by atoms with Crippen LogP contribution in [0, 0.1) is 10.1 Å². The molecule has 2 heterocycles. The number of anilines is 1. The average molecular weight is 400 g/mol. The minimum Gasteiger partial charge on any atom is -0.493 e. The molecule has 0 saturated carbocycles. The van der Waals surface area contributed by atoms with Crippen molar-refractivity contribution in [3.8, 4) is 11.5 Å². The van der Waals surface area contributed by atoms with Gasteiger partial charge in [-0.1, -0.05) is 0 Å². The lowest BCUT2D eigenvalue weighted by Gasteiger charge is -2.34. The minimum absolute atomic E-state index is 0.0392. The number of aromatic nitrogens is 1. The monoisotopic (exact) mass is 400 g/mol. The molecule has 1 aliphatic rings. The average Bonchev–Trinajstić information content (AvgIpc) is 3.17. The molecule has 27 heavy (non-hydrogen) atoms. The molecule has 8 nitrogen and oxygen atoms in total. The molecule has 0 radical (unpaired) electrons. The number of alkyl halides is 2. The number of hydrogen-bond acceptors (Lipinski definition) is 8. The van der Waals surface area contributed by atoms with Gasteiger partial charge >= 0.3 is 6.61 Å². The molecular formula is C16H18F2N4O4S. The van der Waals surface area contributed by atoms with Gasteiger partial charge in [0.25, 0.3) is 5.69 Å². The Morgan fingerprint density at radius 2 is 2.04 bits per heavy atom. The van der Waals surface area contributed by atoms with Gasteiger partial charge in [-0.05, 0) is 6.07 Å². The van der Waals surface area contributed by atoms with Crippen LogP contribution in [0.2, 0.25) is 0 Å². The topological polar surface area (TPSA) is 81.0 Å². The third-order valence-corrected chi connectivity index (χ3v) is 5.07. The van der Waals surface area contributed by atoms with Crippen LogP contribution in [-0.4, -0.2) is 54.7 Å². The van der Waals surface area contributed by atoms with Gasteiger partial charge in [0.1, 0.15) is 0 Å². The second-order valence-corrected chi connectivity index (χ2v) is 6.72. The number of ether oxygens (including phenoxy) is 2. The van der Waals surface area contributed by atoms with E-state index in [1.165, 1.54) is 13.2 Å². The first-order valence-electron chi connectivity index (χ1n) is 8.15. The minimum atomic E-state index is -3.09. The van der Waals surface area contributed by atoms with Crippen molar-refractivity contribution in [2.75, 3.05) is 38.2 Å². The summed E-state index contributed by atoms with van der Waals surface area (Å²) in [5, 5.41) is 14.3. The maximum absolute atomic E-state index is 12.5. The van der Waals surface area contributed by atoms with Crippen molar-refractivity contribution in [3.05, 3.63) is 39.4 Å². The number of piperazine rings is 1. The summed E-state index contributed by atoms with van der Waals surface area (Å²) in [6.07, 6.45) is 1.75. The van der Waals surface area contributed by atoms with Crippen LogP contribution in [-0.2, 0) is 6.54 Å². The summed E-state index contributed by atoms with van der Waals surface area (Å²) in [6, 6.07) is 2.38. The molecule has 1 aromatic carbocycles. The first-order valence-corrected chi connectivity index (χ1v) is 9.03. The Morgan fingerprint density at radius 1 is 1.30 bits per heavy atom. The van der Waals surface area contributed by atoms with Gasteiger partial charge in [-0.15, -0.1) is 11.3 Å². The van der Waals surface area contributed by atoms with Crippen molar-refractivity contribution in [1.29, 1.82) is 0 Å². The molecule has 0 N–H and O–H groups in total. The summed E-state index contributed by atoms with van der Waals surface area (Å²) in [6.45, 7) is 0.134. The second kappa shape index (κ2) is 8.44. The zero-order valence-corrected chi connectivity index (χ0v) is 15.3. The Morgan fingerprint density at radius 3 is 2.59 bits per heavy atom. The number of halogens is 2. The molecule has 0 bridgehead atoms. The molecule has 1 fully saturated rings. The lowest BCUT2D eigenvalue weighted by Crippen LogP contribution is -2.46. The Balaban J connectivity index is 1.75. The van der Waals surface area contributed by atoms with E-state index in [0.29, 0.717) is 25.2 Å². The standard InChI is InChI=1S/C16H18F2N4O4S/c1-25-13-8-11(12(22(23)24)9-14(13)26-15(17)18)10-20-3-5-21(6-4-20)16-19-2-7-27-16/h2,7-9,15H,3-6,10H2,1H3. The van der Waals surface area contributed by atoms with E-state index in [9.17, 15) is 18.9 Å². The molecule has 1 aliphatic heterocycles. The van der Waals surface area contributed by atoms with Crippen LogP contribution < -0.4 is 14.4 Å². The molecule has 0 atom stereocenters. The van der Waals surface area contributed by atoms with Crippen LogP contribution in [0.4, 0.5) is 19.6 Å². The summed E-state index contributed by atoms with van der Waals surface area (Å²) >= 11 is 1.57. The highest BCUT2D eigenvalue weighted by molar-refractivity contribution is 7.13. The first-order chi connectivity index (χ1) is 13.0. The van der Waals surface area contributed by atoms with E-state index in [2.05, 4.69) is 19.5 Å². The van der Waals surface area contributed by atoms with Crippen LogP contribution in [0.3, 0.4) is 0 Å². The fourth-order valence-electron chi connectivity index (χ4n) is 2.95. The summed E-state index contributed by atoms with van der Waals surface area (Å²) < 4.78 is 34.5. The number of nitro benzene ring substituents is 1. The van der Waals surface area contributed by atoms with E-state index in [0.717, 1.165) is 24.3 Å². The van der Waals surface area contributed by atoms with Gasteiger partial charge < -0.3 is 14.4 Å². The number of benzene rings is 1. The summed E-state index contributed by atoms with van der Waals surface area (Å²) in [5.41, 5.74) is 0.120. The number of nitro groups is 1. The van der Waals surface area contributed by atoms with E-state index in [4.69, 9.17) is 4.74 Å². The van der Waals surface area contributed by atoms with Crippen molar-refractivity contribution in [2.45, 2.75) is 13.2 Å². The molecule has 0 amide bonds. The third-order valence-electron chi connectivity index (χ3n) is 4.23. The highest BCUT2D eigenvalue weighted by Gasteiger charge is 2.25. The van der Waals surface area contributed by atoms with Gasteiger partial charge in [-0.2, -0.15) is 8.78 Å². The highest BCUT2D eigenvalue weighted by atomic mass is 32.1. The summed E-state index contributed by atoms with van der Waals surface area (Å²) in [5.74, 6) is -0.311. The van der Waals surface area contributed by atoms with Gasteiger partial charge in [-0.25, -0.2) is 4.98 Å². The zero-order valence-electron chi connectivity index (χ0n) is 14.5. The second-order valence-electron chi connectivity index (χ2n) is 5.85. The van der Waals surface area contributed by atoms with Crippen LogP contribution in [0.15, 0.2) is 23.7 Å². The maximum Gasteiger partial charge on any atom is 0.387 e. The van der Waals surface area contributed by atoms with E-state index < -0.39 is 11.5 Å². The predicted molar refractivity (Wildman–Crippen MR) is 95.9 cm³/mol. The van der Waals surface area contributed by atoms with Gasteiger partial charge in [0, 0.05) is 49.9 Å². The van der Waals surface area contributed by atoms with Crippen molar-refractivity contribution >= 4 is 22.2 Å². The van der Waals surface area contributed by atoms with E-state index in [-0.39, 0.29) is 17.2 Å². The van der Waals surface area contributed by atoms with Crippen molar-refractivity contribution in [1.82, 2.24) is 9.88 Å². The Labute approximate surface area is 158 Å². The van der Waals surface area contributed by atoms with Crippen LogP contribution in [0.25, 0.3) is 0 Å². The quantitative estimate of drug-likeness (QED) is 0.522. The number of hydrogen-bond donors (Lipinski definition) is 0. The van der Waals surface area contributed by atoms with E-state index in [1.807, 2.05) is 5.38 Å². The van der Waals surface area contributed by atoms with Crippen molar-refractivity contribution < 1.29 is 23.2 Å². The van der Waals surface area contributed by atoms with E-state index in [1.54, 1.807) is 17.5 Å². The smallest absolute Gasteiger partial charge is 0.387 e. The van der Waals surface area contributed by atoms with Gasteiger partial charge in [-0.3, -0.25) is 15.0 Å². The largest absolute Gasteiger partial charge is 0.493 e. The van der Waals surface area contributed by atoms with Gasteiger partial charge in [0.2, 0.25) is 0 Å². The molecule has 3 rings (SSSR count). The lowest BCUT2D eigenvalue weighted by atomic mass is 10.1. The van der Waals surface area contributed by atoms with Crippen LogP contribution in [0.5, 0.6) is 11.5 Å². The molecule has 1 aromatic heterocycles. The first kappa shape index (κ1) is 19.2. The molecule has 0 unspecified atom stereocenters. The normalized spacial score (nSPS) is 15.2. The SMILES string of the molecule is COc1cc(CN2CCN(c3nccs3)CC2)c([N+](=O)[O-])cc1OC(F)F. The number of methoxy groups -OCH3 is 1. The molecule has 1 saturated heterocycles. The predicted octanol–water partition coefficient (Wildman–Crippen LogP) is 2.98. The van der Waals surface area contributed by atoms with Crippen LogP contribution >= 0.6 is 11.3 Å². The summed E-state index contributed by atoms with van der Waals surface area (Å²) in [4.78, 5) is 19.3. The molecule has 0 spiro atoms. The molecule has 11 heteroatoms. The third kappa shape index (κ3) is 4.61. The highest BCUT2D eigenvalue weighted by Crippen LogP contribution is 2.36. The molecule has 146 valence electrons.